The van der Waals surface area contributed by atoms with E-state index in [2.05, 4.69) is 17.0 Å². The molecule has 0 saturated carbocycles. The van der Waals surface area contributed by atoms with Gasteiger partial charge >= 0.3 is 0 Å². The first kappa shape index (κ1) is 15.0. The summed E-state index contributed by atoms with van der Waals surface area (Å²) < 4.78 is 1.41. The number of hydrogen-bond donors (Lipinski definition) is 3. The minimum absolute atomic E-state index is 0.181. The van der Waals surface area contributed by atoms with Crippen LogP contribution in [0.15, 0.2) is 53.3 Å². The smallest absolute Gasteiger partial charge is 0.280 e. The second-order valence-corrected chi connectivity index (χ2v) is 5.39. The van der Waals surface area contributed by atoms with E-state index in [1.807, 2.05) is 0 Å². The molecule has 6 heteroatoms. The van der Waals surface area contributed by atoms with Crippen LogP contribution in [0.1, 0.15) is 0 Å². The number of phenolic OH excluding ortho intramolecular Hbond substituents is 1. The molecule has 0 aliphatic carbocycles. The molecule has 0 atom stereocenters. The van der Waals surface area contributed by atoms with Gasteiger partial charge in [0.05, 0.1) is 16.3 Å². The molecule has 0 radical (unpaired) electrons. The monoisotopic (exact) mass is 327 g/mol. The molecule has 0 fully saturated rings. The van der Waals surface area contributed by atoms with E-state index >= 15 is 0 Å². The fraction of sp³-hybridized carbons (Fsp3) is 0. The van der Waals surface area contributed by atoms with Gasteiger partial charge < -0.3 is 10.4 Å². The van der Waals surface area contributed by atoms with Gasteiger partial charge in [0.2, 0.25) is 0 Å². The number of aromatic nitrogens is 2. The minimum Gasteiger partial charge on any atom is -0.508 e. The molecule has 0 saturated heterocycles. The Morgan fingerprint density at radius 2 is 1.78 bits per heavy atom. The first-order chi connectivity index (χ1) is 11.0. The molecule has 0 aliphatic rings. The molecule has 1 aromatic heterocycles. The van der Waals surface area contributed by atoms with Crippen molar-refractivity contribution in [2.75, 3.05) is 5.32 Å². The van der Waals surface area contributed by atoms with Crippen LogP contribution in [0.2, 0.25) is 5.02 Å². The fourth-order valence-electron chi connectivity index (χ4n) is 2.13. The summed E-state index contributed by atoms with van der Waals surface area (Å²) >= 11 is 5.86. The molecule has 1 heterocycles. The number of aromatic amines is 1. The van der Waals surface area contributed by atoms with E-state index in [1.165, 1.54) is 4.68 Å². The third kappa shape index (κ3) is 3.14. The predicted molar refractivity (Wildman–Crippen MR) is 92.4 cm³/mol. The highest BCUT2D eigenvalue weighted by Gasteiger charge is 2.04. The van der Waals surface area contributed by atoms with Gasteiger partial charge in [-0.25, -0.2) is 4.68 Å². The third-order valence-corrected chi connectivity index (χ3v) is 3.59. The number of aromatic hydroxyl groups is 1. The highest BCUT2D eigenvalue weighted by Crippen LogP contribution is 2.13. The van der Waals surface area contributed by atoms with Gasteiger partial charge in [-0.15, -0.1) is 0 Å². The molecule has 2 aromatic carbocycles. The zero-order valence-corrected chi connectivity index (χ0v) is 12.8. The summed E-state index contributed by atoms with van der Waals surface area (Å²) in [6.45, 7) is 3.86. The van der Waals surface area contributed by atoms with Crippen LogP contribution in [0, 0.1) is 0 Å². The average Bonchev–Trinajstić information content (AvgIpc) is 2.82. The second-order valence-electron chi connectivity index (χ2n) is 4.96. The molecule has 5 nitrogen and oxygen atoms in total. The summed E-state index contributed by atoms with van der Waals surface area (Å²) in [7, 11) is 0. The van der Waals surface area contributed by atoms with Crippen molar-refractivity contribution < 1.29 is 5.11 Å². The highest BCUT2D eigenvalue weighted by atomic mass is 35.5. The lowest BCUT2D eigenvalue weighted by molar-refractivity contribution is 0.475. The lowest BCUT2D eigenvalue weighted by atomic mass is 10.3. The second kappa shape index (κ2) is 6.06. The number of benzene rings is 2. The number of nitrogens with one attached hydrogen (secondary N) is 2. The van der Waals surface area contributed by atoms with Crippen LogP contribution in [0.25, 0.3) is 18.5 Å². The van der Waals surface area contributed by atoms with Gasteiger partial charge in [0.1, 0.15) is 5.75 Å². The van der Waals surface area contributed by atoms with Crippen molar-refractivity contribution in [3.05, 3.63) is 74.5 Å². The van der Waals surface area contributed by atoms with Crippen LogP contribution in [0.3, 0.4) is 0 Å². The minimum atomic E-state index is -0.219. The van der Waals surface area contributed by atoms with Crippen LogP contribution >= 0.6 is 11.6 Å². The van der Waals surface area contributed by atoms with Gasteiger partial charge in [0.25, 0.3) is 5.56 Å². The quantitative estimate of drug-likeness (QED) is 0.642. The van der Waals surface area contributed by atoms with Gasteiger partial charge in [-0.05, 0) is 48.5 Å². The van der Waals surface area contributed by atoms with E-state index < -0.39 is 0 Å². The van der Waals surface area contributed by atoms with Crippen molar-refractivity contribution in [1.29, 1.82) is 0 Å². The number of phenols is 1. The summed E-state index contributed by atoms with van der Waals surface area (Å²) in [4.78, 5) is 12.5. The van der Waals surface area contributed by atoms with Crippen molar-refractivity contribution in [3.63, 3.8) is 0 Å². The van der Waals surface area contributed by atoms with Crippen molar-refractivity contribution in [2.24, 2.45) is 0 Å². The summed E-state index contributed by atoms with van der Waals surface area (Å²) in [6.07, 6.45) is 1.58. The zero-order valence-electron chi connectivity index (χ0n) is 12.1. The molecule has 0 bridgehead atoms. The fourth-order valence-corrected chi connectivity index (χ4v) is 2.26. The summed E-state index contributed by atoms with van der Waals surface area (Å²) in [6, 6.07) is 13.5. The van der Waals surface area contributed by atoms with E-state index in [9.17, 15) is 9.90 Å². The normalized spacial score (nSPS) is 11.6. The lowest BCUT2D eigenvalue weighted by Gasteiger charge is -2.00. The number of nitrogens with zero attached hydrogens (tertiary/aromatic N) is 1. The number of rotatable bonds is 3. The van der Waals surface area contributed by atoms with E-state index in [0.717, 1.165) is 5.69 Å². The third-order valence-electron chi connectivity index (χ3n) is 3.34. The molecule has 0 aliphatic heterocycles. The first-order valence-electron chi connectivity index (χ1n) is 6.86. The SMILES string of the molecule is C=c1[nH]n(-c2ccc(Cl)cc2)c(=O)c1=CNc1ccc(O)cc1. The molecule has 0 unspecified atom stereocenters. The molecule has 23 heavy (non-hydrogen) atoms. The Morgan fingerprint density at radius 1 is 1.13 bits per heavy atom. The van der Waals surface area contributed by atoms with Crippen molar-refractivity contribution in [3.8, 4) is 11.4 Å². The van der Waals surface area contributed by atoms with Crippen molar-refractivity contribution in [2.45, 2.75) is 0 Å². The number of halogens is 1. The van der Waals surface area contributed by atoms with Gasteiger partial charge in [-0.1, -0.05) is 18.2 Å². The average molecular weight is 328 g/mol. The lowest BCUT2D eigenvalue weighted by Crippen LogP contribution is -2.34. The Kier molecular flexibility index (Phi) is 3.95. The summed E-state index contributed by atoms with van der Waals surface area (Å²) in [5, 5.41) is 16.7. The standard InChI is InChI=1S/C17H14ClN3O2/c1-11-16(10-19-13-4-8-15(22)9-5-13)17(23)21(20-11)14-6-2-12(18)3-7-14/h2-10,19-20,22H,1H2. The van der Waals surface area contributed by atoms with Gasteiger partial charge in [-0.3, -0.25) is 9.89 Å². The molecule has 0 amide bonds. The largest absolute Gasteiger partial charge is 0.508 e. The summed E-state index contributed by atoms with van der Waals surface area (Å²) in [5.41, 5.74) is 1.21. The Balaban J connectivity index is 1.99. The maximum Gasteiger partial charge on any atom is 0.280 e. The van der Waals surface area contributed by atoms with Gasteiger partial charge in [0.15, 0.2) is 0 Å². The molecule has 116 valence electrons. The van der Waals surface area contributed by atoms with E-state index in [4.69, 9.17) is 11.6 Å². The van der Waals surface area contributed by atoms with Crippen molar-refractivity contribution >= 4 is 30.1 Å². The van der Waals surface area contributed by atoms with Crippen LogP contribution in [-0.2, 0) is 0 Å². The molecule has 3 aromatic rings. The van der Waals surface area contributed by atoms with E-state index in [0.29, 0.717) is 21.3 Å². The van der Waals surface area contributed by atoms with Crippen LogP contribution in [0.4, 0.5) is 5.69 Å². The Hall–Kier alpha value is -2.92. The topological polar surface area (TPSA) is 70.0 Å². The number of H-pyrrole nitrogens is 1. The Morgan fingerprint density at radius 3 is 2.43 bits per heavy atom. The molecule has 0 spiro atoms. The highest BCUT2D eigenvalue weighted by molar-refractivity contribution is 6.30. The molecule has 3 N–H and O–H groups in total. The van der Waals surface area contributed by atoms with Crippen LogP contribution in [0.5, 0.6) is 5.75 Å². The molecular weight excluding hydrogens is 314 g/mol. The van der Waals surface area contributed by atoms with Crippen molar-refractivity contribution in [1.82, 2.24) is 9.78 Å². The molecule has 3 rings (SSSR count). The van der Waals surface area contributed by atoms with E-state index in [-0.39, 0.29) is 11.3 Å². The molecular formula is C17H14ClN3O2. The van der Waals surface area contributed by atoms with Gasteiger partial charge in [0, 0.05) is 16.9 Å². The Labute approximate surface area is 136 Å². The van der Waals surface area contributed by atoms with Gasteiger partial charge in [-0.2, -0.15) is 0 Å². The van der Waals surface area contributed by atoms with E-state index in [1.54, 1.807) is 54.7 Å². The number of anilines is 1. The van der Waals surface area contributed by atoms with Crippen LogP contribution in [-0.4, -0.2) is 14.9 Å². The maximum absolute atomic E-state index is 12.5. The number of hydrogen-bond acceptors (Lipinski definition) is 3. The first-order valence-corrected chi connectivity index (χ1v) is 7.24. The predicted octanol–water partition coefficient (Wildman–Crippen LogP) is 1.78. The summed E-state index contributed by atoms with van der Waals surface area (Å²) in [5.74, 6) is 0.181. The maximum atomic E-state index is 12.5. The zero-order chi connectivity index (χ0) is 16.4. The Bertz CT molecular complexity index is 986. The van der Waals surface area contributed by atoms with Crippen LogP contribution < -0.4 is 21.4 Å².